The van der Waals surface area contributed by atoms with E-state index >= 15 is 0 Å². The van der Waals surface area contributed by atoms with Crippen LogP contribution in [-0.4, -0.2) is 19.5 Å². The molecule has 2 rings (SSSR count). The molecule has 4 heteroatoms. The van der Waals surface area contributed by atoms with Crippen molar-refractivity contribution >= 4 is 19.5 Å². The highest BCUT2D eigenvalue weighted by molar-refractivity contribution is 6.35. The summed E-state index contributed by atoms with van der Waals surface area (Å²) in [6, 6.07) is 20.8. The van der Waals surface area contributed by atoms with Crippen molar-refractivity contribution in [1.29, 1.82) is 0 Å². The van der Waals surface area contributed by atoms with Crippen LogP contribution in [0.25, 0.3) is 0 Å². The lowest BCUT2D eigenvalue weighted by Gasteiger charge is -2.25. The first kappa shape index (κ1) is 17.2. The molecule has 0 aliphatic heterocycles. The zero-order chi connectivity index (χ0) is 16.1. The van der Waals surface area contributed by atoms with Crippen molar-refractivity contribution in [3.8, 4) is 0 Å². The van der Waals surface area contributed by atoms with Crippen molar-refractivity contribution in [1.82, 2.24) is 0 Å². The Kier molecular flexibility index (Phi) is 5.75. The van der Waals surface area contributed by atoms with Gasteiger partial charge in [-0.05, 0) is 11.1 Å². The van der Waals surface area contributed by atoms with Gasteiger partial charge in [0.25, 0.3) is 19.5 Å². The molecule has 0 bridgehead atoms. The molecule has 114 valence electrons. The fraction of sp³-hybridized carbons (Fsp3) is 0.333. The summed E-state index contributed by atoms with van der Waals surface area (Å²) in [7, 11) is 0.529. The van der Waals surface area contributed by atoms with Crippen molar-refractivity contribution < 1.29 is 9.15 Å². The number of hydrogen-bond donors (Lipinski definition) is 0. The van der Waals surface area contributed by atoms with Crippen LogP contribution in [0.2, 0.25) is 0 Å². The van der Waals surface area contributed by atoms with Crippen molar-refractivity contribution in [2.45, 2.75) is 37.8 Å². The average molecular weight is 327 g/mol. The van der Waals surface area contributed by atoms with E-state index in [2.05, 4.69) is 76.2 Å². The third-order valence-corrected chi connectivity index (χ3v) is 5.72. The molecule has 0 saturated heterocycles. The minimum absolute atomic E-state index is 0.0391. The molecule has 0 amide bonds. The standard InChI is InChI=1S/C18H22O2Si2/c1-17(2,15-11-7-5-8-12-15)21-19-20-22-18(3,4)16-13-9-6-10-14-16/h5-14H,1-4H3. The van der Waals surface area contributed by atoms with Crippen molar-refractivity contribution in [2.75, 3.05) is 0 Å². The Balaban J connectivity index is 1.84. The molecule has 0 unspecified atom stereocenters. The summed E-state index contributed by atoms with van der Waals surface area (Å²) in [5, 5.41) is -0.0781. The summed E-state index contributed by atoms with van der Waals surface area (Å²) < 4.78 is 11.1. The molecule has 0 spiro atoms. The molecule has 0 fully saturated rings. The van der Waals surface area contributed by atoms with Crippen LogP contribution in [0.3, 0.4) is 0 Å². The molecule has 0 aliphatic carbocycles. The normalized spacial score (nSPS) is 12.4. The Hall–Kier alpha value is -1.21. The first-order valence-corrected chi connectivity index (χ1v) is 9.21. The summed E-state index contributed by atoms with van der Waals surface area (Å²) in [6.45, 7) is 8.70. The van der Waals surface area contributed by atoms with Crippen LogP contribution in [0.15, 0.2) is 60.7 Å². The van der Waals surface area contributed by atoms with Gasteiger partial charge < -0.3 is 0 Å². The summed E-state index contributed by atoms with van der Waals surface area (Å²) >= 11 is 0. The second-order valence-corrected chi connectivity index (χ2v) is 9.59. The van der Waals surface area contributed by atoms with E-state index in [1.165, 1.54) is 11.1 Å². The molecule has 4 radical (unpaired) electrons. The van der Waals surface area contributed by atoms with E-state index in [4.69, 9.17) is 9.15 Å². The lowest BCUT2D eigenvalue weighted by Crippen LogP contribution is -2.32. The molecular formula is C18H22O2Si2. The van der Waals surface area contributed by atoms with Gasteiger partial charge in [0.2, 0.25) is 0 Å². The molecule has 2 nitrogen and oxygen atoms in total. The summed E-state index contributed by atoms with van der Waals surface area (Å²) in [5.41, 5.74) is 2.53. The third-order valence-electron chi connectivity index (χ3n) is 3.63. The van der Waals surface area contributed by atoms with Crippen LogP contribution in [-0.2, 0) is 19.2 Å². The van der Waals surface area contributed by atoms with E-state index in [1.807, 2.05) is 12.1 Å². The molecule has 0 N–H and O–H groups in total. The van der Waals surface area contributed by atoms with Gasteiger partial charge in [0.05, 0.1) is 0 Å². The first-order chi connectivity index (χ1) is 10.4. The Morgan fingerprint density at radius 3 is 1.23 bits per heavy atom. The van der Waals surface area contributed by atoms with Gasteiger partial charge in [-0.2, -0.15) is 0 Å². The van der Waals surface area contributed by atoms with Crippen molar-refractivity contribution in [3.63, 3.8) is 0 Å². The zero-order valence-corrected chi connectivity index (χ0v) is 15.6. The first-order valence-electron chi connectivity index (χ1n) is 7.40. The minimum atomic E-state index is -0.0391. The predicted octanol–water partition coefficient (Wildman–Crippen LogP) is 4.04. The van der Waals surface area contributed by atoms with Crippen LogP contribution >= 0.6 is 0 Å². The van der Waals surface area contributed by atoms with Gasteiger partial charge in [-0.1, -0.05) is 88.4 Å². The Morgan fingerprint density at radius 1 is 0.591 bits per heavy atom. The van der Waals surface area contributed by atoms with E-state index in [-0.39, 0.29) is 29.6 Å². The van der Waals surface area contributed by atoms with E-state index in [1.54, 1.807) is 0 Å². The van der Waals surface area contributed by atoms with E-state index in [0.29, 0.717) is 0 Å². The van der Waals surface area contributed by atoms with Gasteiger partial charge in [0.1, 0.15) is 0 Å². The number of benzene rings is 2. The van der Waals surface area contributed by atoms with Crippen molar-refractivity contribution in [2.24, 2.45) is 0 Å². The van der Waals surface area contributed by atoms with Gasteiger partial charge in [-0.15, -0.1) is 0 Å². The molecule has 22 heavy (non-hydrogen) atoms. The average Bonchev–Trinajstić information content (AvgIpc) is 2.53. The molecule has 2 aromatic carbocycles. The molecule has 0 aromatic heterocycles. The predicted molar refractivity (Wildman–Crippen MR) is 92.6 cm³/mol. The molecule has 0 atom stereocenters. The highest BCUT2D eigenvalue weighted by atomic mass is 28.2. The van der Waals surface area contributed by atoms with Gasteiger partial charge >= 0.3 is 0 Å². The molecule has 0 aliphatic rings. The van der Waals surface area contributed by atoms with Gasteiger partial charge in [-0.25, -0.2) is 0 Å². The van der Waals surface area contributed by atoms with Crippen LogP contribution in [0.1, 0.15) is 38.8 Å². The number of hydrogen-bond acceptors (Lipinski definition) is 2. The zero-order valence-electron chi connectivity index (χ0n) is 13.6. The number of rotatable bonds is 7. The second-order valence-electron chi connectivity index (χ2n) is 6.35. The maximum atomic E-state index is 5.55. The van der Waals surface area contributed by atoms with E-state index < -0.39 is 0 Å². The maximum Gasteiger partial charge on any atom is 0.292 e. The molecule has 0 saturated carbocycles. The highest BCUT2D eigenvalue weighted by Crippen LogP contribution is 2.23. The van der Waals surface area contributed by atoms with Gasteiger partial charge in [-0.3, -0.25) is 9.15 Å². The summed E-state index contributed by atoms with van der Waals surface area (Å²) in [4.78, 5) is 0. The minimum Gasteiger partial charge on any atom is -0.298 e. The van der Waals surface area contributed by atoms with Gasteiger partial charge in [0, 0.05) is 10.1 Å². The Morgan fingerprint density at radius 2 is 0.909 bits per heavy atom. The van der Waals surface area contributed by atoms with E-state index in [9.17, 15) is 0 Å². The van der Waals surface area contributed by atoms with Crippen molar-refractivity contribution in [3.05, 3.63) is 71.8 Å². The van der Waals surface area contributed by atoms with Crippen LogP contribution in [0.5, 0.6) is 0 Å². The lowest BCUT2D eigenvalue weighted by atomic mass is 10.0. The Bertz CT molecular complexity index is 515. The molecule has 0 heterocycles. The highest BCUT2D eigenvalue weighted by Gasteiger charge is 2.27. The Labute approximate surface area is 138 Å². The fourth-order valence-corrected chi connectivity index (χ4v) is 3.40. The lowest BCUT2D eigenvalue weighted by molar-refractivity contribution is -0.106. The second kappa shape index (κ2) is 7.37. The van der Waals surface area contributed by atoms with Gasteiger partial charge in [0.15, 0.2) is 0 Å². The topological polar surface area (TPSA) is 18.5 Å². The summed E-state index contributed by atoms with van der Waals surface area (Å²) in [5.74, 6) is 0. The maximum absolute atomic E-state index is 5.55. The van der Waals surface area contributed by atoms with Crippen LogP contribution in [0.4, 0.5) is 0 Å². The monoisotopic (exact) mass is 326 g/mol. The van der Waals surface area contributed by atoms with Crippen LogP contribution in [0, 0.1) is 0 Å². The van der Waals surface area contributed by atoms with E-state index in [0.717, 1.165) is 0 Å². The smallest absolute Gasteiger partial charge is 0.292 e. The molecular weight excluding hydrogens is 304 g/mol. The quantitative estimate of drug-likeness (QED) is 0.331. The molecule has 2 aromatic rings. The SMILES string of the molecule is CC(C)([Si]OO[Si]C(C)(C)c1ccccc1)c1ccccc1. The van der Waals surface area contributed by atoms with Crippen LogP contribution < -0.4 is 0 Å². The fourth-order valence-electron chi connectivity index (χ4n) is 2.08. The third kappa shape index (κ3) is 4.64. The summed E-state index contributed by atoms with van der Waals surface area (Å²) in [6.07, 6.45) is 0. The largest absolute Gasteiger partial charge is 0.298 e.